The monoisotopic (exact) mass is 629 g/mol. The molecule has 5 atom stereocenters. The highest BCUT2D eigenvalue weighted by molar-refractivity contribution is 6.91. The lowest BCUT2D eigenvalue weighted by atomic mass is 9.86. The van der Waals surface area contributed by atoms with Crippen molar-refractivity contribution < 1.29 is 24.1 Å². The second-order valence-electron chi connectivity index (χ2n) is 12.9. The predicted octanol–water partition coefficient (Wildman–Crippen LogP) is 4.77. The number of nitrogens with zero attached hydrogens (tertiary/aromatic N) is 2. The summed E-state index contributed by atoms with van der Waals surface area (Å²) in [6.45, 7) is 7.39. The Morgan fingerprint density at radius 2 is 1.87 bits per heavy atom. The summed E-state index contributed by atoms with van der Waals surface area (Å²) in [7, 11) is 0.995. The third-order valence-corrected chi connectivity index (χ3v) is 14.3. The first-order valence-electron chi connectivity index (χ1n) is 15.8. The molecule has 1 fully saturated rings. The number of aliphatic hydroxyl groups excluding tert-OH is 1. The van der Waals surface area contributed by atoms with Gasteiger partial charge in [-0.3, -0.25) is 14.7 Å². The fourth-order valence-electron chi connectivity index (χ4n) is 7.42. The molecule has 1 aromatic heterocycles. The number of likely N-dealkylation sites (tertiary alicyclic amines) is 1. The molecule has 0 saturated carbocycles. The van der Waals surface area contributed by atoms with E-state index in [0.29, 0.717) is 29.8 Å². The van der Waals surface area contributed by atoms with Crippen LogP contribution >= 0.6 is 0 Å². The topological polar surface area (TPSA) is 106 Å². The number of aliphatic hydroxyl groups is 1. The van der Waals surface area contributed by atoms with Crippen LogP contribution in [-0.4, -0.2) is 73.3 Å². The molecular formula is C35H43N3O6Si. The maximum absolute atomic E-state index is 14.0. The second kappa shape index (κ2) is 12.5. The highest BCUT2D eigenvalue weighted by atomic mass is 28.3. The first kappa shape index (κ1) is 31.1. The predicted molar refractivity (Wildman–Crippen MR) is 178 cm³/mol. The average Bonchev–Trinajstić information content (AvgIpc) is 3.68. The van der Waals surface area contributed by atoms with Gasteiger partial charge in [0.1, 0.15) is 17.6 Å². The summed E-state index contributed by atoms with van der Waals surface area (Å²) in [6, 6.07) is 21.3. The van der Waals surface area contributed by atoms with Gasteiger partial charge < -0.3 is 24.2 Å². The minimum atomic E-state index is -2.37. The molecule has 4 aromatic rings. The third-order valence-electron chi connectivity index (χ3n) is 10.1. The molecule has 3 heterocycles. The van der Waals surface area contributed by atoms with Gasteiger partial charge in [0.25, 0.3) is 5.56 Å². The van der Waals surface area contributed by atoms with Crippen molar-refractivity contribution in [2.24, 2.45) is 5.92 Å². The molecule has 2 N–H and O–H groups in total. The van der Waals surface area contributed by atoms with Gasteiger partial charge in [-0.1, -0.05) is 49.5 Å². The van der Waals surface area contributed by atoms with Crippen LogP contribution in [0.25, 0.3) is 16.6 Å². The van der Waals surface area contributed by atoms with E-state index in [1.807, 2.05) is 59.5 Å². The lowest BCUT2D eigenvalue weighted by Crippen LogP contribution is -2.55. The van der Waals surface area contributed by atoms with Gasteiger partial charge in [-0.05, 0) is 55.3 Å². The summed E-state index contributed by atoms with van der Waals surface area (Å²) in [6.07, 6.45) is 1.44. The lowest BCUT2D eigenvalue weighted by Gasteiger charge is -2.46. The molecule has 0 spiro atoms. The number of amides is 1. The summed E-state index contributed by atoms with van der Waals surface area (Å²) in [5.41, 5.74) is 2.15. The number of nitrogens with one attached hydrogen (secondary N) is 1. The number of methoxy groups -OCH3 is 2. The number of aromatic nitrogens is 2. The van der Waals surface area contributed by atoms with E-state index in [4.69, 9.17) is 14.2 Å². The molecule has 1 unspecified atom stereocenters. The molecule has 238 valence electrons. The Morgan fingerprint density at radius 1 is 1.11 bits per heavy atom. The smallest absolute Gasteiger partial charge is 0.279 e. The number of para-hydroxylation sites is 1. The first-order chi connectivity index (χ1) is 21.7. The van der Waals surface area contributed by atoms with Gasteiger partial charge >= 0.3 is 0 Å². The van der Waals surface area contributed by atoms with E-state index in [1.165, 1.54) is 5.19 Å². The van der Waals surface area contributed by atoms with E-state index in [9.17, 15) is 14.7 Å². The highest BCUT2D eigenvalue weighted by Gasteiger charge is 2.49. The van der Waals surface area contributed by atoms with Crippen LogP contribution in [0.1, 0.15) is 37.9 Å². The van der Waals surface area contributed by atoms with Gasteiger partial charge in [0.2, 0.25) is 5.91 Å². The zero-order chi connectivity index (χ0) is 31.9. The minimum absolute atomic E-state index is 0.0209. The van der Waals surface area contributed by atoms with Gasteiger partial charge in [-0.25, -0.2) is 4.68 Å². The molecule has 3 aromatic carbocycles. The quantitative estimate of drug-likeness (QED) is 0.259. The number of rotatable bonds is 9. The molecular weight excluding hydrogens is 586 g/mol. The molecule has 2 aliphatic heterocycles. The van der Waals surface area contributed by atoms with Crippen LogP contribution in [0.4, 0.5) is 0 Å². The summed E-state index contributed by atoms with van der Waals surface area (Å²) >= 11 is 0. The summed E-state index contributed by atoms with van der Waals surface area (Å²) in [4.78, 5) is 29.0. The van der Waals surface area contributed by atoms with Crippen LogP contribution in [0.15, 0.2) is 71.5 Å². The SMILES string of the molecule is COc1ccc([Si](C)(C)C(CC(=O)N2CCC[C@H]2CO)[C@@H]2Oc3ccc(-n4[nH]c5ccccc5c4=O)cc3[C@H](OC)[C@H]2C)cc1. The fraction of sp³-hybridized carbons (Fsp3) is 0.429. The van der Waals surface area contributed by atoms with Crippen molar-refractivity contribution in [2.45, 2.75) is 63.1 Å². The Kier molecular flexibility index (Phi) is 8.65. The Hall–Kier alpha value is -3.86. The number of aromatic amines is 1. The van der Waals surface area contributed by atoms with Crippen LogP contribution < -0.4 is 20.2 Å². The first-order valence-corrected chi connectivity index (χ1v) is 18.8. The summed E-state index contributed by atoms with van der Waals surface area (Å²) in [5.74, 6) is 1.46. The van der Waals surface area contributed by atoms with Gasteiger partial charge in [-0.15, -0.1) is 0 Å². The van der Waals surface area contributed by atoms with Crippen molar-refractivity contribution in [1.82, 2.24) is 14.7 Å². The third kappa shape index (κ3) is 5.60. The van der Waals surface area contributed by atoms with Crippen LogP contribution in [-0.2, 0) is 9.53 Å². The number of ether oxygens (including phenoxy) is 3. The van der Waals surface area contributed by atoms with Crippen molar-refractivity contribution in [3.63, 3.8) is 0 Å². The van der Waals surface area contributed by atoms with E-state index in [0.717, 1.165) is 29.7 Å². The normalized spacial score (nSPS) is 22.2. The Labute approximate surface area is 264 Å². The lowest BCUT2D eigenvalue weighted by molar-refractivity contribution is -0.133. The molecule has 10 heteroatoms. The molecule has 9 nitrogen and oxygen atoms in total. The van der Waals surface area contributed by atoms with Crippen molar-refractivity contribution >= 4 is 30.1 Å². The number of carbonyl (C=O) groups is 1. The standard InChI is InChI=1S/C35H43N3O6Si/c1-22-33(43-3)28-19-23(38-35(41)27-10-6-7-11-29(27)36-38)12-17-30(28)44-34(22)31(20-32(40)37-18-8-9-24(37)21-39)45(4,5)26-15-13-25(42-2)14-16-26/h6-7,10-17,19,22,24,31,33-34,36,39H,8-9,18,20-21H2,1-5H3/t22-,24+,31?,33-,34-/m1/s1. The van der Waals surface area contributed by atoms with E-state index >= 15 is 0 Å². The summed E-state index contributed by atoms with van der Waals surface area (Å²) in [5, 5.41) is 15.0. The zero-order valence-corrected chi connectivity index (χ0v) is 27.7. The van der Waals surface area contributed by atoms with Crippen LogP contribution in [0, 0.1) is 5.92 Å². The van der Waals surface area contributed by atoms with E-state index in [2.05, 4.69) is 37.2 Å². The van der Waals surface area contributed by atoms with Crippen LogP contribution in [0.2, 0.25) is 18.6 Å². The maximum atomic E-state index is 14.0. The molecule has 45 heavy (non-hydrogen) atoms. The number of carbonyl (C=O) groups excluding carboxylic acids is 1. The van der Waals surface area contributed by atoms with Gasteiger partial charge in [0.05, 0.1) is 50.5 Å². The highest BCUT2D eigenvalue weighted by Crippen LogP contribution is 2.47. The molecule has 0 radical (unpaired) electrons. The van der Waals surface area contributed by atoms with Crippen molar-refractivity contribution in [3.05, 3.63) is 82.6 Å². The largest absolute Gasteiger partial charge is 0.497 e. The van der Waals surface area contributed by atoms with Crippen LogP contribution in [0.5, 0.6) is 11.5 Å². The number of fused-ring (bicyclic) bond motifs is 2. The Balaban J connectivity index is 1.38. The number of H-pyrrole nitrogens is 1. The van der Waals surface area contributed by atoms with Crippen molar-refractivity contribution in [2.75, 3.05) is 27.4 Å². The van der Waals surface area contributed by atoms with E-state index < -0.39 is 8.07 Å². The molecule has 1 amide bonds. The fourth-order valence-corrected chi connectivity index (χ4v) is 10.8. The van der Waals surface area contributed by atoms with Gasteiger partial charge in [-0.2, -0.15) is 0 Å². The zero-order valence-electron chi connectivity index (χ0n) is 26.7. The Morgan fingerprint density at radius 3 is 2.56 bits per heavy atom. The van der Waals surface area contributed by atoms with Crippen molar-refractivity contribution in [3.8, 4) is 17.2 Å². The number of benzene rings is 3. The number of hydrogen-bond donors (Lipinski definition) is 2. The molecule has 6 rings (SSSR count). The van der Waals surface area contributed by atoms with E-state index in [-0.39, 0.29) is 47.8 Å². The average molecular weight is 630 g/mol. The number of hydrogen-bond acceptors (Lipinski definition) is 6. The summed E-state index contributed by atoms with van der Waals surface area (Å²) < 4.78 is 20.1. The van der Waals surface area contributed by atoms with Gasteiger partial charge in [0, 0.05) is 37.1 Å². The minimum Gasteiger partial charge on any atom is -0.497 e. The van der Waals surface area contributed by atoms with Crippen molar-refractivity contribution in [1.29, 1.82) is 0 Å². The molecule has 0 bridgehead atoms. The Bertz CT molecular complexity index is 1730. The van der Waals surface area contributed by atoms with E-state index in [1.54, 1.807) is 18.9 Å². The molecule has 0 aliphatic carbocycles. The van der Waals surface area contributed by atoms with Gasteiger partial charge in [0.15, 0.2) is 0 Å². The maximum Gasteiger partial charge on any atom is 0.279 e. The molecule has 1 saturated heterocycles. The second-order valence-corrected chi connectivity index (χ2v) is 17.7. The van der Waals surface area contributed by atoms with Crippen LogP contribution in [0.3, 0.4) is 0 Å². The molecule has 2 aliphatic rings.